The monoisotopic (exact) mass is 254 g/mol. The molecule has 0 bridgehead atoms. The Morgan fingerprint density at radius 2 is 1.94 bits per heavy atom. The second kappa shape index (κ2) is 5.31. The molecule has 0 aliphatic rings. The lowest BCUT2D eigenvalue weighted by Gasteiger charge is -2.13. The molecule has 1 heterocycles. The van der Waals surface area contributed by atoms with Gasteiger partial charge in [-0.2, -0.15) is 0 Å². The Morgan fingerprint density at radius 3 is 2.47 bits per heavy atom. The quantitative estimate of drug-likeness (QED) is 0.652. The molecule has 0 aliphatic heterocycles. The van der Waals surface area contributed by atoms with E-state index in [9.17, 15) is 4.39 Å². The van der Waals surface area contributed by atoms with E-state index in [1.165, 1.54) is 12.1 Å². The van der Waals surface area contributed by atoms with Gasteiger partial charge in [0.05, 0.1) is 6.04 Å². The molecule has 2 aromatic rings. The minimum Gasteiger partial charge on any atom is -0.448 e. The van der Waals surface area contributed by atoms with Crippen LogP contribution in [0.25, 0.3) is 0 Å². The van der Waals surface area contributed by atoms with Crippen LogP contribution >= 0.6 is 11.6 Å². The Labute approximate surface area is 103 Å². The van der Waals surface area contributed by atoms with Crippen LogP contribution in [0.1, 0.15) is 17.4 Å². The Bertz CT molecular complexity index is 484. The van der Waals surface area contributed by atoms with Gasteiger partial charge in [-0.25, -0.2) is 9.82 Å². The third kappa shape index (κ3) is 3.06. The minimum atomic E-state index is -0.257. The van der Waals surface area contributed by atoms with Crippen molar-refractivity contribution in [3.8, 4) is 0 Å². The molecular formula is C12H12ClFN2O. The van der Waals surface area contributed by atoms with E-state index in [0.717, 1.165) is 5.56 Å². The normalized spacial score (nSPS) is 12.6. The Kier molecular flexibility index (Phi) is 3.78. The topological polar surface area (TPSA) is 51.2 Å². The van der Waals surface area contributed by atoms with Gasteiger partial charge in [-0.3, -0.25) is 5.84 Å². The summed E-state index contributed by atoms with van der Waals surface area (Å²) in [6, 6.07) is 9.49. The zero-order chi connectivity index (χ0) is 12.3. The standard InChI is InChI=1S/C12H12ClFN2O/c13-12-6-5-11(17-12)10(16-15)7-8-1-3-9(14)4-2-8/h1-6,10,16H,7,15H2. The zero-order valence-electron chi connectivity index (χ0n) is 8.99. The third-order valence-corrected chi connectivity index (χ3v) is 2.69. The van der Waals surface area contributed by atoms with Crippen molar-refractivity contribution in [1.29, 1.82) is 0 Å². The molecule has 3 nitrogen and oxygen atoms in total. The number of rotatable bonds is 4. The fraction of sp³-hybridized carbons (Fsp3) is 0.167. The van der Waals surface area contributed by atoms with E-state index in [-0.39, 0.29) is 11.9 Å². The highest BCUT2D eigenvalue weighted by atomic mass is 35.5. The van der Waals surface area contributed by atoms with Crippen molar-refractivity contribution in [3.63, 3.8) is 0 Å². The van der Waals surface area contributed by atoms with Gasteiger partial charge < -0.3 is 4.42 Å². The zero-order valence-corrected chi connectivity index (χ0v) is 9.75. The maximum Gasteiger partial charge on any atom is 0.193 e. The van der Waals surface area contributed by atoms with Crippen molar-refractivity contribution in [2.75, 3.05) is 0 Å². The first-order valence-electron chi connectivity index (χ1n) is 5.15. The van der Waals surface area contributed by atoms with Crippen LogP contribution in [0.15, 0.2) is 40.8 Å². The van der Waals surface area contributed by atoms with Gasteiger partial charge in [0.15, 0.2) is 5.22 Å². The average Bonchev–Trinajstić information content (AvgIpc) is 2.75. The number of benzene rings is 1. The van der Waals surface area contributed by atoms with Crippen molar-refractivity contribution < 1.29 is 8.81 Å². The smallest absolute Gasteiger partial charge is 0.193 e. The summed E-state index contributed by atoms with van der Waals surface area (Å²) in [7, 11) is 0. The number of hydrogen-bond acceptors (Lipinski definition) is 3. The van der Waals surface area contributed by atoms with Crippen molar-refractivity contribution in [2.45, 2.75) is 12.5 Å². The number of nitrogens with one attached hydrogen (secondary N) is 1. The van der Waals surface area contributed by atoms with Crippen LogP contribution in [-0.4, -0.2) is 0 Å². The van der Waals surface area contributed by atoms with Crippen LogP contribution in [-0.2, 0) is 6.42 Å². The van der Waals surface area contributed by atoms with Gasteiger partial charge >= 0.3 is 0 Å². The van der Waals surface area contributed by atoms with Crippen LogP contribution in [0, 0.1) is 5.82 Å². The highest BCUT2D eigenvalue weighted by Crippen LogP contribution is 2.22. The molecule has 17 heavy (non-hydrogen) atoms. The number of hydrazine groups is 1. The van der Waals surface area contributed by atoms with Gasteiger partial charge in [-0.1, -0.05) is 12.1 Å². The summed E-state index contributed by atoms with van der Waals surface area (Å²) >= 11 is 5.70. The Hall–Kier alpha value is -1.36. The highest BCUT2D eigenvalue weighted by Gasteiger charge is 2.14. The van der Waals surface area contributed by atoms with Gasteiger partial charge in [0.1, 0.15) is 11.6 Å². The molecule has 3 N–H and O–H groups in total. The van der Waals surface area contributed by atoms with Crippen molar-refractivity contribution in [2.24, 2.45) is 5.84 Å². The summed E-state index contributed by atoms with van der Waals surface area (Å²) in [5.41, 5.74) is 3.61. The predicted molar refractivity (Wildman–Crippen MR) is 63.9 cm³/mol. The van der Waals surface area contributed by atoms with Gasteiger partial charge in [0.25, 0.3) is 0 Å². The second-order valence-electron chi connectivity index (χ2n) is 3.69. The van der Waals surface area contributed by atoms with E-state index in [1.807, 2.05) is 0 Å². The minimum absolute atomic E-state index is 0.187. The van der Waals surface area contributed by atoms with Gasteiger partial charge in [0, 0.05) is 0 Å². The fourth-order valence-electron chi connectivity index (χ4n) is 1.61. The van der Waals surface area contributed by atoms with E-state index in [4.69, 9.17) is 21.9 Å². The molecule has 1 atom stereocenters. The van der Waals surface area contributed by atoms with Crippen LogP contribution in [0.2, 0.25) is 5.22 Å². The molecule has 1 aromatic heterocycles. The SMILES string of the molecule is NNC(Cc1ccc(F)cc1)c1ccc(Cl)o1. The van der Waals surface area contributed by atoms with Gasteiger partial charge in [-0.05, 0) is 47.9 Å². The lowest BCUT2D eigenvalue weighted by atomic mass is 10.0. The molecular weight excluding hydrogens is 243 g/mol. The van der Waals surface area contributed by atoms with Crippen LogP contribution in [0.5, 0.6) is 0 Å². The molecule has 5 heteroatoms. The maximum absolute atomic E-state index is 12.8. The first-order chi connectivity index (χ1) is 8.19. The lowest BCUT2D eigenvalue weighted by Crippen LogP contribution is -2.29. The molecule has 0 radical (unpaired) electrons. The molecule has 0 spiro atoms. The molecule has 90 valence electrons. The second-order valence-corrected chi connectivity index (χ2v) is 4.06. The predicted octanol–water partition coefficient (Wildman–Crippen LogP) is 2.82. The molecule has 2 rings (SSSR count). The van der Waals surface area contributed by atoms with Crippen LogP contribution in [0.3, 0.4) is 0 Å². The molecule has 1 aromatic carbocycles. The van der Waals surface area contributed by atoms with Crippen molar-refractivity contribution in [1.82, 2.24) is 5.43 Å². The summed E-state index contributed by atoms with van der Waals surface area (Å²) in [5, 5.41) is 0.319. The van der Waals surface area contributed by atoms with E-state index in [1.54, 1.807) is 24.3 Å². The average molecular weight is 255 g/mol. The highest BCUT2D eigenvalue weighted by molar-refractivity contribution is 6.28. The van der Waals surface area contributed by atoms with Crippen LogP contribution < -0.4 is 11.3 Å². The molecule has 0 fully saturated rings. The molecule has 0 saturated carbocycles. The largest absolute Gasteiger partial charge is 0.448 e. The van der Waals surface area contributed by atoms with E-state index < -0.39 is 0 Å². The summed E-state index contributed by atoms with van der Waals surface area (Å²) in [4.78, 5) is 0. The Balaban J connectivity index is 2.12. The summed E-state index contributed by atoms with van der Waals surface area (Å²) in [6.45, 7) is 0. The summed E-state index contributed by atoms with van der Waals surface area (Å²) in [5.74, 6) is 5.86. The lowest BCUT2D eigenvalue weighted by molar-refractivity contribution is 0.417. The third-order valence-electron chi connectivity index (χ3n) is 2.49. The van der Waals surface area contributed by atoms with E-state index in [0.29, 0.717) is 17.4 Å². The van der Waals surface area contributed by atoms with E-state index >= 15 is 0 Å². The van der Waals surface area contributed by atoms with Crippen molar-refractivity contribution in [3.05, 3.63) is 58.8 Å². The number of nitrogens with two attached hydrogens (primary N) is 1. The first-order valence-corrected chi connectivity index (χ1v) is 5.52. The summed E-state index contributed by atoms with van der Waals surface area (Å²) in [6.07, 6.45) is 0.598. The number of furan rings is 1. The van der Waals surface area contributed by atoms with Gasteiger partial charge in [0.2, 0.25) is 0 Å². The van der Waals surface area contributed by atoms with E-state index in [2.05, 4.69) is 5.43 Å². The van der Waals surface area contributed by atoms with Crippen molar-refractivity contribution >= 4 is 11.6 Å². The maximum atomic E-state index is 12.8. The molecule has 0 saturated heterocycles. The summed E-state index contributed by atoms with van der Waals surface area (Å²) < 4.78 is 18.0. The molecule has 0 aliphatic carbocycles. The molecule has 1 unspecified atom stereocenters. The Morgan fingerprint density at radius 1 is 1.24 bits per heavy atom. The van der Waals surface area contributed by atoms with Gasteiger partial charge in [-0.15, -0.1) is 0 Å². The fourth-order valence-corrected chi connectivity index (χ4v) is 1.77. The molecule has 0 amide bonds. The number of halogens is 2. The first kappa shape index (κ1) is 12.1. The number of hydrogen-bond donors (Lipinski definition) is 2. The van der Waals surface area contributed by atoms with Crippen LogP contribution in [0.4, 0.5) is 4.39 Å².